The van der Waals surface area contributed by atoms with Gasteiger partial charge in [-0.3, -0.25) is 0 Å². The molecule has 1 N–H and O–H groups in total. The van der Waals surface area contributed by atoms with Crippen molar-refractivity contribution in [2.45, 2.75) is 77.4 Å². The standard InChI is InChI=1S/C14H29NO/c1-3-8-13(4-2)15-11-12-16-14-9-6-5-7-10-14/h13-15H,3-12H2,1-2H3. The summed E-state index contributed by atoms with van der Waals surface area (Å²) in [5, 5.41) is 3.58. The van der Waals surface area contributed by atoms with Crippen molar-refractivity contribution >= 4 is 0 Å². The zero-order chi connectivity index (χ0) is 11.6. The van der Waals surface area contributed by atoms with Crippen LogP contribution in [0.3, 0.4) is 0 Å². The minimum absolute atomic E-state index is 0.557. The molecule has 0 spiro atoms. The molecule has 1 rings (SSSR count). The van der Waals surface area contributed by atoms with Crippen molar-refractivity contribution in [3.63, 3.8) is 0 Å². The summed E-state index contributed by atoms with van der Waals surface area (Å²) in [6.45, 7) is 6.43. The Morgan fingerprint density at radius 3 is 2.56 bits per heavy atom. The predicted octanol–water partition coefficient (Wildman–Crippen LogP) is 3.50. The smallest absolute Gasteiger partial charge is 0.0594 e. The van der Waals surface area contributed by atoms with Gasteiger partial charge < -0.3 is 10.1 Å². The van der Waals surface area contributed by atoms with Crippen LogP contribution in [0.4, 0.5) is 0 Å². The monoisotopic (exact) mass is 227 g/mol. The van der Waals surface area contributed by atoms with Gasteiger partial charge in [-0.2, -0.15) is 0 Å². The maximum Gasteiger partial charge on any atom is 0.0594 e. The number of hydrogen-bond donors (Lipinski definition) is 1. The highest BCUT2D eigenvalue weighted by Gasteiger charge is 2.13. The van der Waals surface area contributed by atoms with Crippen molar-refractivity contribution < 1.29 is 4.74 Å². The van der Waals surface area contributed by atoms with E-state index >= 15 is 0 Å². The minimum Gasteiger partial charge on any atom is -0.377 e. The molecule has 1 aliphatic rings. The molecular weight excluding hydrogens is 198 g/mol. The van der Waals surface area contributed by atoms with Crippen LogP contribution >= 0.6 is 0 Å². The van der Waals surface area contributed by atoms with Crippen molar-refractivity contribution in [3.05, 3.63) is 0 Å². The molecule has 1 fully saturated rings. The molecule has 1 atom stereocenters. The normalized spacial score (nSPS) is 19.9. The van der Waals surface area contributed by atoms with Crippen LogP contribution in [0.15, 0.2) is 0 Å². The van der Waals surface area contributed by atoms with Gasteiger partial charge in [0.1, 0.15) is 0 Å². The van der Waals surface area contributed by atoms with Crippen molar-refractivity contribution in [1.82, 2.24) is 5.32 Å². The lowest BCUT2D eigenvalue weighted by molar-refractivity contribution is 0.0292. The first-order chi connectivity index (χ1) is 7.86. The molecular formula is C14H29NO. The Balaban J connectivity index is 1.97. The van der Waals surface area contributed by atoms with Gasteiger partial charge in [0.2, 0.25) is 0 Å². The van der Waals surface area contributed by atoms with Gasteiger partial charge in [-0.15, -0.1) is 0 Å². The van der Waals surface area contributed by atoms with Crippen molar-refractivity contribution in [2.75, 3.05) is 13.2 Å². The van der Waals surface area contributed by atoms with E-state index in [1.165, 1.54) is 51.4 Å². The fraction of sp³-hybridized carbons (Fsp3) is 1.00. The summed E-state index contributed by atoms with van der Waals surface area (Å²) < 4.78 is 5.89. The van der Waals surface area contributed by atoms with Crippen molar-refractivity contribution in [2.24, 2.45) is 0 Å². The first-order valence-corrected chi connectivity index (χ1v) is 7.21. The molecule has 96 valence electrons. The summed E-state index contributed by atoms with van der Waals surface area (Å²) in [6, 6.07) is 0.694. The van der Waals surface area contributed by atoms with Gasteiger partial charge in [-0.1, -0.05) is 39.5 Å². The summed E-state index contributed by atoms with van der Waals surface area (Å²) >= 11 is 0. The van der Waals surface area contributed by atoms with Gasteiger partial charge >= 0.3 is 0 Å². The minimum atomic E-state index is 0.557. The Labute approximate surface area is 101 Å². The Morgan fingerprint density at radius 1 is 1.19 bits per heavy atom. The molecule has 16 heavy (non-hydrogen) atoms. The van der Waals surface area contributed by atoms with Gasteiger partial charge in [0.25, 0.3) is 0 Å². The molecule has 1 aliphatic carbocycles. The van der Waals surface area contributed by atoms with Gasteiger partial charge in [0.15, 0.2) is 0 Å². The van der Waals surface area contributed by atoms with Crippen LogP contribution in [0.5, 0.6) is 0 Å². The van der Waals surface area contributed by atoms with E-state index in [4.69, 9.17) is 4.74 Å². The Hall–Kier alpha value is -0.0800. The van der Waals surface area contributed by atoms with E-state index in [1.54, 1.807) is 0 Å². The molecule has 0 aromatic rings. The molecule has 0 aromatic heterocycles. The number of ether oxygens (including phenoxy) is 1. The van der Waals surface area contributed by atoms with Crippen LogP contribution in [-0.2, 0) is 4.74 Å². The molecule has 2 nitrogen and oxygen atoms in total. The molecule has 0 aromatic carbocycles. The lowest BCUT2D eigenvalue weighted by Crippen LogP contribution is -2.32. The van der Waals surface area contributed by atoms with Crippen LogP contribution < -0.4 is 5.32 Å². The maximum atomic E-state index is 5.89. The van der Waals surface area contributed by atoms with E-state index < -0.39 is 0 Å². The maximum absolute atomic E-state index is 5.89. The second-order valence-corrected chi connectivity index (χ2v) is 4.98. The number of hydrogen-bond acceptors (Lipinski definition) is 2. The fourth-order valence-electron chi connectivity index (χ4n) is 2.52. The topological polar surface area (TPSA) is 21.3 Å². The predicted molar refractivity (Wildman–Crippen MR) is 69.8 cm³/mol. The second-order valence-electron chi connectivity index (χ2n) is 4.98. The third-order valence-electron chi connectivity index (χ3n) is 3.57. The van der Waals surface area contributed by atoms with Gasteiger partial charge in [-0.05, 0) is 25.7 Å². The van der Waals surface area contributed by atoms with E-state index in [1.807, 2.05) is 0 Å². The quantitative estimate of drug-likeness (QED) is 0.641. The highest BCUT2D eigenvalue weighted by atomic mass is 16.5. The van der Waals surface area contributed by atoms with Crippen LogP contribution in [-0.4, -0.2) is 25.3 Å². The summed E-state index contributed by atoms with van der Waals surface area (Å²) in [5.74, 6) is 0. The van der Waals surface area contributed by atoms with Crippen LogP contribution in [0.2, 0.25) is 0 Å². The molecule has 2 heteroatoms. The third kappa shape index (κ3) is 5.86. The Kier molecular flexibility index (Phi) is 7.87. The van der Waals surface area contributed by atoms with Crippen LogP contribution in [0.1, 0.15) is 65.2 Å². The molecule has 1 unspecified atom stereocenters. The van der Waals surface area contributed by atoms with Gasteiger partial charge in [-0.25, -0.2) is 0 Å². The molecule has 1 saturated carbocycles. The Bertz CT molecular complexity index is 148. The van der Waals surface area contributed by atoms with Gasteiger partial charge in [0.05, 0.1) is 12.7 Å². The zero-order valence-electron chi connectivity index (χ0n) is 11.1. The van der Waals surface area contributed by atoms with Crippen molar-refractivity contribution in [1.29, 1.82) is 0 Å². The van der Waals surface area contributed by atoms with Gasteiger partial charge in [0, 0.05) is 12.6 Å². The van der Waals surface area contributed by atoms with E-state index in [0.717, 1.165) is 13.2 Å². The summed E-state index contributed by atoms with van der Waals surface area (Å²) in [5.41, 5.74) is 0. The molecule has 0 radical (unpaired) electrons. The molecule has 0 saturated heterocycles. The average Bonchev–Trinajstić information content (AvgIpc) is 2.34. The SMILES string of the molecule is CCCC(CC)NCCOC1CCCCC1. The van der Waals surface area contributed by atoms with E-state index in [9.17, 15) is 0 Å². The Morgan fingerprint density at radius 2 is 1.94 bits per heavy atom. The number of nitrogens with one attached hydrogen (secondary N) is 1. The van der Waals surface area contributed by atoms with Crippen molar-refractivity contribution in [3.8, 4) is 0 Å². The highest BCUT2D eigenvalue weighted by Crippen LogP contribution is 2.19. The summed E-state index contributed by atoms with van der Waals surface area (Å²) in [7, 11) is 0. The van der Waals surface area contributed by atoms with E-state index in [-0.39, 0.29) is 0 Å². The summed E-state index contributed by atoms with van der Waals surface area (Å²) in [4.78, 5) is 0. The lowest BCUT2D eigenvalue weighted by Gasteiger charge is -2.23. The first-order valence-electron chi connectivity index (χ1n) is 7.21. The van der Waals surface area contributed by atoms with E-state index in [2.05, 4.69) is 19.2 Å². The molecule has 0 aliphatic heterocycles. The largest absolute Gasteiger partial charge is 0.377 e. The first kappa shape index (κ1) is 14.0. The highest BCUT2D eigenvalue weighted by molar-refractivity contribution is 4.67. The average molecular weight is 227 g/mol. The second kappa shape index (κ2) is 9.00. The fourth-order valence-corrected chi connectivity index (χ4v) is 2.52. The van der Waals surface area contributed by atoms with Crippen LogP contribution in [0.25, 0.3) is 0 Å². The zero-order valence-corrected chi connectivity index (χ0v) is 11.1. The number of rotatable bonds is 8. The molecule has 0 bridgehead atoms. The third-order valence-corrected chi connectivity index (χ3v) is 3.57. The lowest BCUT2D eigenvalue weighted by atomic mass is 9.98. The summed E-state index contributed by atoms with van der Waals surface area (Å²) in [6.07, 6.45) is 11.1. The van der Waals surface area contributed by atoms with Crippen LogP contribution in [0, 0.1) is 0 Å². The molecule has 0 heterocycles. The van der Waals surface area contributed by atoms with E-state index in [0.29, 0.717) is 12.1 Å². The molecule has 0 amide bonds.